The van der Waals surface area contributed by atoms with Crippen molar-refractivity contribution >= 4 is 11.6 Å². The highest BCUT2D eigenvalue weighted by Crippen LogP contribution is 2.38. The van der Waals surface area contributed by atoms with Gasteiger partial charge in [-0.1, -0.05) is 11.6 Å². The number of nitrogens with one attached hydrogen (secondary N) is 1. The summed E-state index contributed by atoms with van der Waals surface area (Å²) in [6.07, 6.45) is 0.691. The van der Waals surface area contributed by atoms with Crippen molar-refractivity contribution in [1.82, 2.24) is 5.32 Å². The van der Waals surface area contributed by atoms with Gasteiger partial charge in [0, 0.05) is 5.56 Å². The third-order valence-electron chi connectivity index (χ3n) is 2.26. The molecule has 16 heavy (non-hydrogen) atoms. The fraction of sp³-hybridized carbons (Fsp3) is 0.455. The molecule has 5 heteroatoms. The van der Waals surface area contributed by atoms with Gasteiger partial charge >= 0.3 is 0 Å². The molecule has 0 saturated carbocycles. The lowest BCUT2D eigenvalue weighted by atomic mass is 10.1. The Morgan fingerprint density at radius 1 is 1.31 bits per heavy atom. The minimum absolute atomic E-state index is 0.0451. The van der Waals surface area contributed by atoms with E-state index in [1.165, 1.54) is 14.2 Å². The fourth-order valence-electron chi connectivity index (χ4n) is 1.49. The van der Waals surface area contributed by atoms with Crippen molar-refractivity contribution in [3.63, 3.8) is 0 Å². The molecule has 0 heterocycles. The van der Waals surface area contributed by atoms with Crippen LogP contribution in [0.1, 0.15) is 5.56 Å². The van der Waals surface area contributed by atoms with Gasteiger partial charge in [0.15, 0.2) is 17.3 Å². The van der Waals surface area contributed by atoms with E-state index in [-0.39, 0.29) is 10.8 Å². The van der Waals surface area contributed by atoms with Crippen LogP contribution in [0.15, 0.2) is 6.07 Å². The summed E-state index contributed by atoms with van der Waals surface area (Å²) in [5, 5.41) is 3.05. The fourth-order valence-corrected chi connectivity index (χ4v) is 1.70. The van der Waals surface area contributed by atoms with Crippen molar-refractivity contribution in [3.8, 4) is 11.5 Å². The van der Waals surface area contributed by atoms with E-state index in [0.717, 1.165) is 12.1 Å². The van der Waals surface area contributed by atoms with Crippen LogP contribution in [0.4, 0.5) is 4.39 Å². The highest BCUT2D eigenvalue weighted by Gasteiger charge is 2.18. The SMILES string of the molecule is CNCCc1cc(Cl)c(F)c(OC)c1OC. The first kappa shape index (κ1) is 13.1. The Labute approximate surface area is 99.5 Å². The second-order valence-electron chi connectivity index (χ2n) is 3.25. The van der Waals surface area contributed by atoms with Gasteiger partial charge in [-0.2, -0.15) is 0 Å². The average Bonchev–Trinajstić information content (AvgIpc) is 2.29. The molecule has 1 aromatic carbocycles. The van der Waals surface area contributed by atoms with Crippen molar-refractivity contribution in [2.75, 3.05) is 27.8 Å². The molecule has 0 aliphatic rings. The van der Waals surface area contributed by atoms with E-state index in [2.05, 4.69) is 5.32 Å². The number of halogens is 2. The Morgan fingerprint density at radius 3 is 2.44 bits per heavy atom. The molecule has 0 aromatic heterocycles. The molecule has 0 saturated heterocycles. The summed E-state index contributed by atoms with van der Waals surface area (Å²) < 4.78 is 23.7. The van der Waals surface area contributed by atoms with Crippen LogP contribution in [0.2, 0.25) is 5.02 Å². The van der Waals surface area contributed by atoms with Crippen LogP contribution in [-0.2, 0) is 6.42 Å². The van der Waals surface area contributed by atoms with E-state index in [0.29, 0.717) is 12.2 Å². The van der Waals surface area contributed by atoms with Crippen LogP contribution in [0.25, 0.3) is 0 Å². The summed E-state index contributed by atoms with van der Waals surface area (Å²) in [7, 11) is 4.71. The first-order valence-electron chi connectivity index (χ1n) is 4.89. The quantitative estimate of drug-likeness (QED) is 0.866. The van der Waals surface area contributed by atoms with Crippen LogP contribution < -0.4 is 14.8 Å². The summed E-state index contributed by atoms with van der Waals surface area (Å²) in [6.45, 7) is 0.751. The first-order valence-corrected chi connectivity index (χ1v) is 5.27. The lowest BCUT2D eigenvalue weighted by molar-refractivity contribution is 0.334. The molecule has 1 N–H and O–H groups in total. The van der Waals surface area contributed by atoms with Crippen LogP contribution in [0.3, 0.4) is 0 Å². The molecule has 0 amide bonds. The smallest absolute Gasteiger partial charge is 0.198 e. The summed E-state index contributed by atoms with van der Waals surface area (Å²) in [5.41, 5.74) is 0.820. The predicted molar refractivity (Wildman–Crippen MR) is 62.1 cm³/mol. The molecule has 0 fully saturated rings. The third kappa shape index (κ3) is 2.57. The predicted octanol–water partition coefficient (Wildman–Crippen LogP) is 2.26. The van der Waals surface area contributed by atoms with Gasteiger partial charge in [0.25, 0.3) is 0 Å². The molecule has 0 aliphatic heterocycles. The maximum Gasteiger partial charge on any atom is 0.198 e. The topological polar surface area (TPSA) is 30.5 Å². The highest BCUT2D eigenvalue weighted by molar-refractivity contribution is 6.31. The third-order valence-corrected chi connectivity index (χ3v) is 2.54. The zero-order valence-corrected chi connectivity index (χ0v) is 10.3. The summed E-state index contributed by atoms with van der Waals surface area (Å²) in [5.74, 6) is -0.130. The lowest BCUT2D eigenvalue weighted by Gasteiger charge is -2.14. The summed E-state index contributed by atoms with van der Waals surface area (Å²) in [4.78, 5) is 0. The minimum Gasteiger partial charge on any atom is -0.492 e. The number of benzene rings is 1. The minimum atomic E-state index is -0.589. The van der Waals surface area contributed by atoms with E-state index in [9.17, 15) is 4.39 Å². The molecular weight excluding hydrogens is 233 g/mol. The van der Waals surface area contributed by atoms with Crippen molar-refractivity contribution in [2.24, 2.45) is 0 Å². The number of hydrogen-bond donors (Lipinski definition) is 1. The van der Waals surface area contributed by atoms with Gasteiger partial charge in [-0.3, -0.25) is 0 Å². The van der Waals surface area contributed by atoms with Gasteiger partial charge in [-0.25, -0.2) is 4.39 Å². The van der Waals surface area contributed by atoms with E-state index in [4.69, 9.17) is 21.1 Å². The van der Waals surface area contributed by atoms with E-state index < -0.39 is 5.82 Å². The van der Waals surface area contributed by atoms with Crippen molar-refractivity contribution in [3.05, 3.63) is 22.5 Å². The molecule has 0 aliphatic carbocycles. The summed E-state index contributed by atoms with van der Waals surface area (Å²) >= 11 is 5.77. The Kier molecular flexibility index (Phi) is 4.83. The molecule has 1 rings (SSSR count). The van der Waals surface area contributed by atoms with E-state index in [1.807, 2.05) is 7.05 Å². The monoisotopic (exact) mass is 247 g/mol. The second-order valence-corrected chi connectivity index (χ2v) is 3.66. The highest BCUT2D eigenvalue weighted by atomic mass is 35.5. The van der Waals surface area contributed by atoms with Gasteiger partial charge in [-0.05, 0) is 26.1 Å². The Balaban J connectivity index is 3.20. The van der Waals surface area contributed by atoms with Crippen LogP contribution >= 0.6 is 11.6 Å². The molecule has 0 bridgehead atoms. The van der Waals surface area contributed by atoms with Crippen LogP contribution in [0.5, 0.6) is 11.5 Å². The number of ether oxygens (including phenoxy) is 2. The maximum absolute atomic E-state index is 13.6. The van der Waals surface area contributed by atoms with Gasteiger partial charge in [0.2, 0.25) is 0 Å². The maximum atomic E-state index is 13.6. The molecule has 90 valence electrons. The summed E-state index contributed by atoms with van der Waals surface area (Å²) in [6, 6.07) is 1.57. The molecule has 0 radical (unpaired) electrons. The Bertz CT molecular complexity index is 371. The number of likely N-dealkylation sites (N-methyl/N-ethyl adjacent to an activating group) is 1. The van der Waals surface area contributed by atoms with Gasteiger partial charge in [0.1, 0.15) is 0 Å². The van der Waals surface area contributed by atoms with Crippen molar-refractivity contribution in [1.29, 1.82) is 0 Å². The molecule has 3 nitrogen and oxygen atoms in total. The standard InChI is InChI=1S/C11H15ClFNO2/c1-14-5-4-7-6-8(12)9(13)11(16-3)10(7)15-2/h6,14H,4-5H2,1-3H3. The lowest BCUT2D eigenvalue weighted by Crippen LogP contribution is -2.11. The largest absolute Gasteiger partial charge is 0.492 e. The first-order chi connectivity index (χ1) is 7.65. The molecule has 0 atom stereocenters. The van der Waals surface area contributed by atoms with Crippen LogP contribution in [-0.4, -0.2) is 27.8 Å². The zero-order valence-electron chi connectivity index (χ0n) is 9.56. The second kappa shape index (κ2) is 5.92. The molecule has 0 unspecified atom stereocenters. The zero-order chi connectivity index (χ0) is 12.1. The van der Waals surface area contributed by atoms with Gasteiger partial charge < -0.3 is 14.8 Å². The van der Waals surface area contributed by atoms with E-state index in [1.54, 1.807) is 6.07 Å². The molecule has 1 aromatic rings. The van der Waals surface area contributed by atoms with Crippen LogP contribution in [0, 0.1) is 5.82 Å². The van der Waals surface area contributed by atoms with Gasteiger partial charge in [0.05, 0.1) is 19.2 Å². The molecule has 0 spiro atoms. The number of rotatable bonds is 5. The average molecular weight is 248 g/mol. The Hall–Kier alpha value is -1.00. The normalized spacial score (nSPS) is 10.3. The molecular formula is C11H15ClFNO2. The van der Waals surface area contributed by atoms with Crippen molar-refractivity contribution in [2.45, 2.75) is 6.42 Å². The van der Waals surface area contributed by atoms with E-state index >= 15 is 0 Å². The Morgan fingerprint density at radius 2 is 1.94 bits per heavy atom. The number of hydrogen-bond acceptors (Lipinski definition) is 3. The number of methoxy groups -OCH3 is 2. The van der Waals surface area contributed by atoms with Crippen molar-refractivity contribution < 1.29 is 13.9 Å². The van der Waals surface area contributed by atoms with Gasteiger partial charge in [-0.15, -0.1) is 0 Å².